The van der Waals surface area contributed by atoms with Crippen LogP contribution in [-0.4, -0.2) is 15.7 Å². The first-order chi connectivity index (χ1) is 10.7. The van der Waals surface area contributed by atoms with Crippen molar-refractivity contribution in [2.45, 2.75) is 45.6 Å². The molecule has 4 nitrogen and oxygen atoms in total. The van der Waals surface area contributed by atoms with Gasteiger partial charge in [0.15, 0.2) is 0 Å². The molecular formula is C18H23N3O. The summed E-state index contributed by atoms with van der Waals surface area (Å²) >= 11 is 0. The van der Waals surface area contributed by atoms with Crippen LogP contribution in [0.4, 0.5) is 5.82 Å². The van der Waals surface area contributed by atoms with E-state index in [1.54, 1.807) is 0 Å². The molecule has 1 aromatic heterocycles. The second-order valence-electron chi connectivity index (χ2n) is 6.14. The van der Waals surface area contributed by atoms with E-state index >= 15 is 0 Å². The number of anilines is 1. The molecular weight excluding hydrogens is 274 g/mol. The molecule has 0 bridgehead atoms. The molecule has 1 heterocycles. The Morgan fingerprint density at radius 2 is 1.95 bits per heavy atom. The van der Waals surface area contributed by atoms with Crippen LogP contribution in [0.15, 0.2) is 36.4 Å². The summed E-state index contributed by atoms with van der Waals surface area (Å²) < 4.78 is 1.88. The van der Waals surface area contributed by atoms with Gasteiger partial charge in [-0.05, 0) is 25.3 Å². The van der Waals surface area contributed by atoms with E-state index in [1.165, 1.54) is 24.8 Å². The molecule has 3 rings (SSSR count). The van der Waals surface area contributed by atoms with Crippen molar-refractivity contribution in [2.24, 2.45) is 5.92 Å². The van der Waals surface area contributed by atoms with Gasteiger partial charge in [-0.2, -0.15) is 5.10 Å². The fraction of sp³-hybridized carbons (Fsp3) is 0.444. The van der Waals surface area contributed by atoms with Gasteiger partial charge >= 0.3 is 0 Å². The molecule has 1 aliphatic carbocycles. The first-order valence-electron chi connectivity index (χ1n) is 8.11. The third-order valence-corrected chi connectivity index (χ3v) is 4.30. The molecule has 0 aliphatic heterocycles. The van der Waals surface area contributed by atoms with Crippen molar-refractivity contribution in [1.82, 2.24) is 9.78 Å². The fourth-order valence-electron chi connectivity index (χ4n) is 3.12. The Morgan fingerprint density at radius 1 is 1.23 bits per heavy atom. The lowest BCUT2D eigenvalue weighted by molar-refractivity contribution is -0.120. The van der Waals surface area contributed by atoms with Crippen molar-refractivity contribution in [1.29, 1.82) is 0 Å². The van der Waals surface area contributed by atoms with Gasteiger partial charge in [-0.25, -0.2) is 4.68 Å². The monoisotopic (exact) mass is 297 g/mol. The van der Waals surface area contributed by atoms with Crippen molar-refractivity contribution in [3.8, 4) is 0 Å². The molecule has 2 aromatic rings. The van der Waals surface area contributed by atoms with Crippen LogP contribution in [0.25, 0.3) is 0 Å². The molecule has 0 unspecified atom stereocenters. The van der Waals surface area contributed by atoms with Crippen molar-refractivity contribution in [3.05, 3.63) is 47.7 Å². The van der Waals surface area contributed by atoms with Crippen LogP contribution >= 0.6 is 0 Å². The van der Waals surface area contributed by atoms with Gasteiger partial charge in [0.1, 0.15) is 5.82 Å². The van der Waals surface area contributed by atoms with E-state index in [0.717, 1.165) is 24.4 Å². The summed E-state index contributed by atoms with van der Waals surface area (Å²) in [6.07, 6.45) is 5.62. The van der Waals surface area contributed by atoms with E-state index in [0.29, 0.717) is 6.54 Å². The first kappa shape index (κ1) is 14.8. The Labute approximate surface area is 131 Å². The number of nitrogens with one attached hydrogen (secondary N) is 1. The zero-order valence-corrected chi connectivity index (χ0v) is 13.1. The molecule has 1 saturated carbocycles. The van der Waals surface area contributed by atoms with Crippen LogP contribution in [0.2, 0.25) is 0 Å². The largest absolute Gasteiger partial charge is 0.311 e. The van der Waals surface area contributed by atoms with Gasteiger partial charge in [0.2, 0.25) is 5.91 Å². The molecule has 0 spiro atoms. The van der Waals surface area contributed by atoms with Gasteiger partial charge in [0.05, 0.1) is 12.2 Å². The Kier molecular flexibility index (Phi) is 4.56. The molecule has 0 atom stereocenters. The number of hydrogen-bond acceptors (Lipinski definition) is 2. The van der Waals surface area contributed by atoms with Crippen molar-refractivity contribution in [3.63, 3.8) is 0 Å². The van der Waals surface area contributed by atoms with Crippen LogP contribution < -0.4 is 5.32 Å². The van der Waals surface area contributed by atoms with Crippen LogP contribution in [0.5, 0.6) is 0 Å². The van der Waals surface area contributed by atoms with E-state index in [4.69, 9.17) is 0 Å². The van der Waals surface area contributed by atoms with Crippen LogP contribution in [0.1, 0.15) is 43.4 Å². The SMILES string of the molecule is Cc1cc(NC(=O)C2CCCCC2)n(Cc2ccccc2)n1. The third-order valence-electron chi connectivity index (χ3n) is 4.30. The second kappa shape index (κ2) is 6.77. The summed E-state index contributed by atoms with van der Waals surface area (Å²) in [5.74, 6) is 1.11. The van der Waals surface area contributed by atoms with Gasteiger partial charge in [0, 0.05) is 12.0 Å². The first-order valence-corrected chi connectivity index (χ1v) is 8.11. The van der Waals surface area contributed by atoms with Gasteiger partial charge in [-0.1, -0.05) is 49.6 Å². The molecule has 1 aliphatic rings. The maximum Gasteiger partial charge on any atom is 0.228 e. The lowest BCUT2D eigenvalue weighted by Gasteiger charge is -2.20. The topological polar surface area (TPSA) is 46.9 Å². The van der Waals surface area contributed by atoms with Gasteiger partial charge in [-0.15, -0.1) is 0 Å². The number of aryl methyl sites for hydroxylation is 1. The molecule has 1 N–H and O–H groups in total. The summed E-state index contributed by atoms with van der Waals surface area (Å²) in [6, 6.07) is 12.1. The second-order valence-corrected chi connectivity index (χ2v) is 6.14. The lowest BCUT2D eigenvalue weighted by Crippen LogP contribution is -2.26. The van der Waals surface area contributed by atoms with Crippen molar-refractivity contribution < 1.29 is 4.79 Å². The Balaban J connectivity index is 1.72. The molecule has 1 fully saturated rings. The predicted octanol–water partition coefficient (Wildman–Crippen LogP) is 3.76. The molecule has 116 valence electrons. The average molecular weight is 297 g/mol. The number of carbonyl (C=O) groups is 1. The van der Waals surface area contributed by atoms with E-state index < -0.39 is 0 Å². The Morgan fingerprint density at radius 3 is 2.68 bits per heavy atom. The number of rotatable bonds is 4. The highest BCUT2D eigenvalue weighted by atomic mass is 16.2. The zero-order chi connectivity index (χ0) is 15.4. The molecule has 0 radical (unpaired) electrons. The predicted molar refractivity (Wildman–Crippen MR) is 87.7 cm³/mol. The maximum absolute atomic E-state index is 12.4. The summed E-state index contributed by atoms with van der Waals surface area (Å²) in [5.41, 5.74) is 2.11. The highest BCUT2D eigenvalue weighted by molar-refractivity contribution is 5.91. The summed E-state index contributed by atoms with van der Waals surface area (Å²) in [4.78, 5) is 12.4. The van der Waals surface area contributed by atoms with Gasteiger partial charge in [0.25, 0.3) is 0 Å². The summed E-state index contributed by atoms with van der Waals surface area (Å²) in [6.45, 7) is 2.63. The van der Waals surface area contributed by atoms with Crippen LogP contribution in [0.3, 0.4) is 0 Å². The van der Waals surface area contributed by atoms with Crippen molar-refractivity contribution >= 4 is 11.7 Å². The molecule has 0 saturated heterocycles. The number of aromatic nitrogens is 2. The average Bonchev–Trinajstić information content (AvgIpc) is 2.88. The minimum Gasteiger partial charge on any atom is -0.311 e. The maximum atomic E-state index is 12.4. The van der Waals surface area contributed by atoms with Crippen LogP contribution in [-0.2, 0) is 11.3 Å². The van der Waals surface area contributed by atoms with E-state index in [-0.39, 0.29) is 11.8 Å². The normalized spacial score (nSPS) is 15.7. The molecule has 4 heteroatoms. The van der Waals surface area contributed by atoms with Crippen LogP contribution in [0, 0.1) is 12.8 Å². The highest BCUT2D eigenvalue weighted by Crippen LogP contribution is 2.25. The van der Waals surface area contributed by atoms with Crippen molar-refractivity contribution in [2.75, 3.05) is 5.32 Å². The van der Waals surface area contributed by atoms with E-state index in [1.807, 2.05) is 35.9 Å². The minimum absolute atomic E-state index is 0.147. The fourth-order valence-corrected chi connectivity index (χ4v) is 3.12. The summed E-state index contributed by atoms with van der Waals surface area (Å²) in [5, 5.41) is 7.59. The number of nitrogens with zero attached hydrogens (tertiary/aromatic N) is 2. The standard InChI is InChI=1S/C18H23N3O/c1-14-12-17(19-18(22)16-10-6-3-7-11-16)21(20-14)13-15-8-4-2-5-9-15/h2,4-5,8-9,12,16H,3,6-7,10-11,13H2,1H3,(H,19,22). The lowest BCUT2D eigenvalue weighted by atomic mass is 9.89. The number of benzene rings is 1. The minimum atomic E-state index is 0.147. The van der Waals surface area contributed by atoms with E-state index in [2.05, 4.69) is 22.5 Å². The van der Waals surface area contributed by atoms with Gasteiger partial charge in [-0.3, -0.25) is 4.79 Å². The zero-order valence-electron chi connectivity index (χ0n) is 13.1. The highest BCUT2D eigenvalue weighted by Gasteiger charge is 2.22. The number of hydrogen-bond donors (Lipinski definition) is 1. The number of amides is 1. The molecule has 1 amide bonds. The summed E-state index contributed by atoms with van der Waals surface area (Å²) in [7, 11) is 0. The quantitative estimate of drug-likeness (QED) is 0.934. The van der Waals surface area contributed by atoms with E-state index in [9.17, 15) is 4.79 Å². The number of carbonyl (C=O) groups excluding carboxylic acids is 1. The smallest absolute Gasteiger partial charge is 0.228 e. The third kappa shape index (κ3) is 3.56. The molecule has 22 heavy (non-hydrogen) atoms. The Hall–Kier alpha value is -2.10. The Bertz CT molecular complexity index is 627. The molecule has 1 aromatic carbocycles. The van der Waals surface area contributed by atoms with Gasteiger partial charge < -0.3 is 5.32 Å².